The summed E-state index contributed by atoms with van der Waals surface area (Å²) in [6.07, 6.45) is 3.17. The van der Waals surface area contributed by atoms with Crippen LogP contribution in [0, 0.1) is 0 Å². The van der Waals surface area contributed by atoms with Crippen molar-refractivity contribution >= 4 is 23.6 Å². The van der Waals surface area contributed by atoms with Gasteiger partial charge in [-0.05, 0) is 40.7 Å². The summed E-state index contributed by atoms with van der Waals surface area (Å²) in [5, 5.41) is 22.1. The van der Waals surface area contributed by atoms with E-state index in [4.69, 9.17) is 24.0 Å². The van der Waals surface area contributed by atoms with Crippen molar-refractivity contribution in [3.63, 3.8) is 0 Å². The highest BCUT2D eigenvalue weighted by Crippen LogP contribution is 2.41. The summed E-state index contributed by atoms with van der Waals surface area (Å²) in [7, 11) is 0. The quantitative estimate of drug-likeness (QED) is 0.0574. The van der Waals surface area contributed by atoms with Crippen LogP contribution in [-0.2, 0) is 32.2 Å². The third kappa shape index (κ3) is 10.9. The van der Waals surface area contributed by atoms with Gasteiger partial charge in [-0.3, -0.25) is 9.59 Å². The number of ether oxygens (including phenoxy) is 2. The molecule has 5 aromatic carbocycles. The van der Waals surface area contributed by atoms with Gasteiger partial charge in [0.05, 0.1) is 18.8 Å². The molecule has 6 aromatic rings. The van der Waals surface area contributed by atoms with Gasteiger partial charge in [-0.1, -0.05) is 158 Å². The van der Waals surface area contributed by atoms with Crippen molar-refractivity contribution in [1.29, 1.82) is 0 Å². The summed E-state index contributed by atoms with van der Waals surface area (Å²) in [5.41, 5.74) is 8.54. The second-order valence-corrected chi connectivity index (χ2v) is 15.4. The molecular weight excluding hydrogens is 749 g/mol. The minimum Gasteiger partial charge on any atom is -0.481 e. The van der Waals surface area contributed by atoms with Gasteiger partial charge in [0.1, 0.15) is 5.69 Å². The fourth-order valence-electron chi connectivity index (χ4n) is 7.10. The third-order valence-corrected chi connectivity index (χ3v) is 11.2. The predicted molar refractivity (Wildman–Crippen MR) is 226 cm³/mol. The van der Waals surface area contributed by atoms with Gasteiger partial charge in [0.2, 0.25) is 5.91 Å². The SMILES string of the molecule is O=C(O)CCCCCCC(=O)NCc1ccccc1-c1ccc([C@H]2O[C@@H](CSc3nc(-c4ccccc4)c(-c4ccccc4)o3)C[C@@H](c3ccc(CO)cc3)O2)cc1. The van der Waals surface area contributed by atoms with Crippen LogP contribution in [0.2, 0.25) is 0 Å². The Bertz CT molecular complexity index is 2170. The van der Waals surface area contributed by atoms with Gasteiger partial charge in [-0.15, -0.1) is 0 Å². The number of thioether (sulfide) groups is 1. The highest BCUT2D eigenvalue weighted by Gasteiger charge is 2.33. The number of aromatic nitrogens is 1. The van der Waals surface area contributed by atoms with Gasteiger partial charge in [-0.2, -0.15) is 0 Å². The molecule has 0 aliphatic carbocycles. The predicted octanol–water partition coefficient (Wildman–Crippen LogP) is 10.5. The van der Waals surface area contributed by atoms with Crippen LogP contribution in [0.25, 0.3) is 33.7 Å². The molecule has 1 aliphatic rings. The topological polar surface area (TPSA) is 131 Å². The lowest BCUT2D eigenvalue weighted by atomic mass is 9.97. The molecule has 1 aliphatic heterocycles. The number of benzene rings is 5. The van der Waals surface area contributed by atoms with Crippen molar-refractivity contribution in [2.45, 2.75) is 81.8 Å². The van der Waals surface area contributed by atoms with E-state index in [0.717, 1.165) is 75.2 Å². The van der Waals surface area contributed by atoms with Gasteiger partial charge in [0.25, 0.3) is 5.22 Å². The van der Waals surface area contributed by atoms with E-state index < -0.39 is 12.3 Å². The van der Waals surface area contributed by atoms with Crippen molar-refractivity contribution in [3.8, 4) is 33.7 Å². The van der Waals surface area contributed by atoms with E-state index in [1.54, 1.807) is 0 Å². The number of aliphatic carboxylic acids is 1. The Labute approximate surface area is 343 Å². The summed E-state index contributed by atoms with van der Waals surface area (Å²) in [4.78, 5) is 28.3. The largest absolute Gasteiger partial charge is 0.481 e. The van der Waals surface area contributed by atoms with Crippen LogP contribution in [0.3, 0.4) is 0 Å². The first-order chi connectivity index (χ1) is 28.4. The number of unbranched alkanes of at least 4 members (excludes halogenated alkanes) is 3. The number of carboxylic acid groups (broad SMARTS) is 1. The minimum absolute atomic E-state index is 0.0145. The number of carbonyl (C=O) groups excluding carboxylic acids is 1. The Kier molecular flexibility index (Phi) is 14.2. The number of aliphatic hydroxyl groups excluding tert-OH is 1. The van der Waals surface area contributed by atoms with Crippen LogP contribution >= 0.6 is 11.8 Å². The van der Waals surface area contributed by atoms with E-state index in [9.17, 15) is 14.7 Å². The van der Waals surface area contributed by atoms with Crippen LogP contribution in [-0.4, -0.2) is 38.9 Å². The van der Waals surface area contributed by atoms with E-state index in [0.29, 0.717) is 36.8 Å². The van der Waals surface area contributed by atoms with Gasteiger partial charge >= 0.3 is 5.97 Å². The molecule has 0 spiro atoms. The average molecular weight is 797 g/mol. The number of amides is 1. The lowest BCUT2D eigenvalue weighted by Crippen LogP contribution is -2.31. The molecule has 1 saturated heterocycles. The number of aliphatic hydroxyl groups is 1. The second-order valence-electron chi connectivity index (χ2n) is 14.4. The molecule has 2 heterocycles. The monoisotopic (exact) mass is 796 g/mol. The van der Waals surface area contributed by atoms with Gasteiger partial charge in [0, 0.05) is 48.3 Å². The van der Waals surface area contributed by atoms with Crippen molar-refractivity contribution in [3.05, 3.63) is 156 Å². The molecule has 0 unspecified atom stereocenters. The number of carbonyl (C=O) groups is 2. The van der Waals surface area contributed by atoms with Gasteiger partial charge in [-0.25, -0.2) is 4.98 Å². The number of rotatable bonds is 18. The van der Waals surface area contributed by atoms with Crippen LogP contribution in [0.4, 0.5) is 0 Å². The molecule has 3 atom stereocenters. The molecule has 1 aromatic heterocycles. The zero-order valence-corrected chi connectivity index (χ0v) is 33.1. The van der Waals surface area contributed by atoms with Crippen LogP contribution < -0.4 is 5.32 Å². The van der Waals surface area contributed by atoms with Crippen molar-refractivity contribution < 1.29 is 33.7 Å². The number of hydrogen-bond acceptors (Lipinski definition) is 8. The molecule has 10 heteroatoms. The molecule has 7 rings (SSSR count). The Hall–Kier alpha value is -5.52. The standard InChI is InChI=1S/C48H48N2O7S/c51-31-33-21-23-35(24-22-33)42-29-40(32-58-48-50-45(36-13-5-3-6-14-36)46(57-48)37-15-7-4-8-16-37)55-47(56-42)38-27-25-34(26-28-38)41-18-12-11-17-39(41)30-49-43(52)19-9-1-2-10-20-44(53)54/h3-8,11-18,21-28,40,42,47,51H,1-2,9-10,19-20,29-32H2,(H,49,52)(H,53,54)/t40-,42+,47+/m1/s1. The summed E-state index contributed by atoms with van der Waals surface area (Å²) in [6, 6.07) is 44.2. The fourth-order valence-corrected chi connectivity index (χ4v) is 7.94. The molecular formula is C48H48N2O7S. The van der Waals surface area contributed by atoms with Crippen LogP contribution in [0.5, 0.6) is 0 Å². The lowest BCUT2D eigenvalue weighted by Gasteiger charge is -2.36. The van der Waals surface area contributed by atoms with E-state index in [-0.39, 0.29) is 31.1 Å². The molecule has 9 nitrogen and oxygen atoms in total. The molecule has 3 N–H and O–H groups in total. The maximum atomic E-state index is 12.6. The molecule has 298 valence electrons. The van der Waals surface area contributed by atoms with E-state index in [1.807, 2.05) is 115 Å². The Balaban J connectivity index is 1.04. The first-order valence-electron chi connectivity index (χ1n) is 19.9. The molecule has 0 saturated carbocycles. The summed E-state index contributed by atoms with van der Waals surface area (Å²) in [5.74, 6) is 0.527. The number of carboxylic acids is 1. The van der Waals surface area contributed by atoms with E-state index in [2.05, 4.69) is 23.5 Å². The molecule has 1 amide bonds. The number of nitrogens with zero attached hydrogens (tertiary/aromatic N) is 1. The molecule has 0 radical (unpaired) electrons. The number of nitrogens with one attached hydrogen (secondary N) is 1. The van der Waals surface area contributed by atoms with Gasteiger partial charge < -0.3 is 29.4 Å². The average Bonchev–Trinajstić information content (AvgIpc) is 3.71. The first kappa shape index (κ1) is 40.7. The summed E-state index contributed by atoms with van der Waals surface area (Å²) >= 11 is 1.53. The van der Waals surface area contributed by atoms with Crippen molar-refractivity contribution in [2.24, 2.45) is 0 Å². The minimum atomic E-state index is -0.782. The second kappa shape index (κ2) is 20.3. The maximum Gasteiger partial charge on any atom is 0.303 e. The number of hydrogen-bond donors (Lipinski definition) is 3. The van der Waals surface area contributed by atoms with Crippen molar-refractivity contribution in [2.75, 3.05) is 5.75 Å². The van der Waals surface area contributed by atoms with E-state index >= 15 is 0 Å². The Morgan fingerprint density at radius 3 is 2.07 bits per heavy atom. The maximum absolute atomic E-state index is 12.6. The third-order valence-electron chi connectivity index (χ3n) is 10.2. The zero-order valence-electron chi connectivity index (χ0n) is 32.3. The first-order valence-corrected chi connectivity index (χ1v) is 20.8. The summed E-state index contributed by atoms with van der Waals surface area (Å²) < 4.78 is 19.7. The molecule has 1 fully saturated rings. The smallest absolute Gasteiger partial charge is 0.303 e. The Morgan fingerprint density at radius 2 is 1.36 bits per heavy atom. The number of oxazole rings is 1. The highest BCUT2D eigenvalue weighted by molar-refractivity contribution is 7.99. The zero-order chi connectivity index (χ0) is 40.1. The van der Waals surface area contributed by atoms with Crippen LogP contribution in [0.1, 0.15) is 79.6 Å². The Morgan fingerprint density at radius 1 is 0.707 bits per heavy atom. The molecule has 0 bridgehead atoms. The van der Waals surface area contributed by atoms with Gasteiger partial charge in [0.15, 0.2) is 12.1 Å². The fraction of sp³-hybridized carbons (Fsp3) is 0.271. The van der Waals surface area contributed by atoms with Crippen LogP contribution in [0.15, 0.2) is 143 Å². The lowest BCUT2D eigenvalue weighted by molar-refractivity contribution is -0.245. The summed E-state index contributed by atoms with van der Waals surface area (Å²) in [6.45, 7) is 0.382. The normalized spacial score (nSPS) is 16.5. The highest BCUT2D eigenvalue weighted by atomic mass is 32.2. The van der Waals surface area contributed by atoms with Crippen molar-refractivity contribution in [1.82, 2.24) is 10.3 Å². The van der Waals surface area contributed by atoms with E-state index in [1.165, 1.54) is 11.8 Å². The molecule has 58 heavy (non-hydrogen) atoms.